The van der Waals surface area contributed by atoms with E-state index in [0.29, 0.717) is 42.2 Å². The Balaban J connectivity index is 1.62. The van der Waals surface area contributed by atoms with Crippen molar-refractivity contribution < 1.29 is 24.2 Å². The van der Waals surface area contributed by atoms with Gasteiger partial charge in [0.1, 0.15) is 5.75 Å². The molecule has 1 heterocycles. The lowest BCUT2D eigenvalue weighted by atomic mass is 10.1. The summed E-state index contributed by atoms with van der Waals surface area (Å²) >= 11 is 3.46. The molecule has 1 N–H and O–H groups in total. The number of aryl methyl sites for hydroxylation is 1. The fourth-order valence-electron chi connectivity index (χ4n) is 2.84. The average molecular weight is 461 g/mol. The first-order chi connectivity index (χ1) is 13.9. The quantitative estimate of drug-likeness (QED) is 0.666. The van der Waals surface area contributed by atoms with Crippen molar-refractivity contribution in [3.05, 3.63) is 57.6 Å². The van der Waals surface area contributed by atoms with Crippen molar-refractivity contribution in [3.63, 3.8) is 0 Å². The van der Waals surface area contributed by atoms with E-state index in [2.05, 4.69) is 20.9 Å². The van der Waals surface area contributed by atoms with Crippen LogP contribution in [0.1, 0.15) is 21.5 Å². The highest BCUT2D eigenvalue weighted by atomic mass is 79.9. The summed E-state index contributed by atoms with van der Waals surface area (Å²) in [6, 6.07) is 10.3. The maximum Gasteiger partial charge on any atom is 0.335 e. The molecule has 2 aromatic carbocycles. The molecule has 0 radical (unpaired) electrons. The second-order valence-electron chi connectivity index (χ2n) is 6.54. The van der Waals surface area contributed by atoms with E-state index in [1.165, 1.54) is 6.07 Å². The van der Waals surface area contributed by atoms with E-state index in [4.69, 9.17) is 14.6 Å². The zero-order chi connectivity index (χ0) is 20.8. The Hall–Kier alpha value is -2.71. The lowest BCUT2D eigenvalue weighted by Crippen LogP contribution is -2.43. The normalized spacial score (nSPS) is 14.2. The minimum atomic E-state index is -0.963. The molecular formula is C21H21BrN2O5. The Morgan fingerprint density at radius 2 is 2.00 bits per heavy atom. The maximum atomic E-state index is 12.2. The molecule has 8 heteroatoms. The SMILES string of the molecule is Cc1cc(C(=O)O)ccc1N=Cc1ccc(OCC(=O)N2CCOCC2)c(Br)c1. The number of carbonyl (C=O) groups excluding carboxylic acids is 1. The first-order valence-electron chi connectivity index (χ1n) is 9.10. The predicted octanol–water partition coefficient (Wildman–Crippen LogP) is 3.44. The van der Waals surface area contributed by atoms with Gasteiger partial charge in [-0.05, 0) is 70.4 Å². The van der Waals surface area contributed by atoms with Crippen molar-refractivity contribution >= 4 is 39.7 Å². The molecule has 1 fully saturated rings. The first-order valence-corrected chi connectivity index (χ1v) is 9.89. The summed E-state index contributed by atoms with van der Waals surface area (Å²) in [5.41, 5.74) is 2.55. The summed E-state index contributed by atoms with van der Waals surface area (Å²) in [6.07, 6.45) is 1.69. The smallest absolute Gasteiger partial charge is 0.335 e. The van der Waals surface area contributed by atoms with Crippen LogP contribution in [-0.2, 0) is 9.53 Å². The van der Waals surface area contributed by atoms with Gasteiger partial charge < -0.3 is 19.5 Å². The number of morpholine rings is 1. The Morgan fingerprint density at radius 3 is 2.66 bits per heavy atom. The number of carbonyl (C=O) groups is 2. The third-order valence-corrected chi connectivity index (χ3v) is 5.09. The van der Waals surface area contributed by atoms with Crippen molar-refractivity contribution in [1.82, 2.24) is 4.90 Å². The largest absolute Gasteiger partial charge is 0.483 e. The van der Waals surface area contributed by atoms with Gasteiger partial charge >= 0.3 is 5.97 Å². The number of hydrogen-bond donors (Lipinski definition) is 1. The average Bonchev–Trinajstić information content (AvgIpc) is 2.72. The second-order valence-corrected chi connectivity index (χ2v) is 7.39. The van der Waals surface area contributed by atoms with Crippen molar-refractivity contribution in [3.8, 4) is 5.75 Å². The molecule has 1 aliphatic rings. The van der Waals surface area contributed by atoms with Crippen LogP contribution < -0.4 is 4.74 Å². The van der Waals surface area contributed by atoms with Crippen molar-refractivity contribution in [2.75, 3.05) is 32.9 Å². The van der Waals surface area contributed by atoms with E-state index in [0.717, 1.165) is 11.1 Å². The number of aliphatic imine (C=N–C) groups is 1. The minimum absolute atomic E-state index is 0.0266. The molecule has 0 bridgehead atoms. The van der Waals surface area contributed by atoms with E-state index in [1.54, 1.807) is 29.3 Å². The van der Waals surface area contributed by atoms with Crippen LogP contribution in [0, 0.1) is 6.92 Å². The molecule has 2 aromatic rings. The summed E-state index contributed by atoms with van der Waals surface area (Å²) in [7, 11) is 0. The second kappa shape index (κ2) is 9.67. The number of carboxylic acid groups (broad SMARTS) is 1. The monoisotopic (exact) mass is 460 g/mol. The van der Waals surface area contributed by atoms with Gasteiger partial charge in [0.05, 0.1) is 28.9 Å². The number of ether oxygens (including phenoxy) is 2. The molecule has 0 unspecified atom stereocenters. The molecule has 1 amide bonds. The fraction of sp³-hybridized carbons (Fsp3) is 0.286. The standard InChI is InChI=1S/C21H21BrN2O5/c1-14-10-16(21(26)27)3-4-18(14)23-12-15-2-5-19(17(22)11-15)29-13-20(25)24-6-8-28-9-7-24/h2-5,10-12H,6-9,13H2,1H3,(H,26,27). The van der Waals surface area contributed by atoms with Crippen LogP contribution in [0.5, 0.6) is 5.75 Å². The highest BCUT2D eigenvalue weighted by molar-refractivity contribution is 9.10. The van der Waals surface area contributed by atoms with Crippen LogP contribution in [0.25, 0.3) is 0 Å². The van der Waals surface area contributed by atoms with Crippen molar-refractivity contribution in [2.24, 2.45) is 4.99 Å². The number of halogens is 1. The molecule has 0 atom stereocenters. The van der Waals surface area contributed by atoms with Crippen molar-refractivity contribution in [1.29, 1.82) is 0 Å². The van der Waals surface area contributed by atoms with Gasteiger partial charge in [0.15, 0.2) is 6.61 Å². The molecular weight excluding hydrogens is 440 g/mol. The summed E-state index contributed by atoms with van der Waals surface area (Å²) in [6.45, 7) is 4.08. The van der Waals surface area contributed by atoms with E-state index in [1.807, 2.05) is 19.1 Å². The van der Waals surface area contributed by atoms with E-state index >= 15 is 0 Å². The number of hydrogen-bond acceptors (Lipinski definition) is 5. The number of nitrogens with zero attached hydrogens (tertiary/aromatic N) is 2. The van der Waals surface area contributed by atoms with E-state index in [-0.39, 0.29) is 18.1 Å². The molecule has 0 aromatic heterocycles. The van der Waals surface area contributed by atoms with Crippen LogP contribution in [0.2, 0.25) is 0 Å². The Morgan fingerprint density at radius 1 is 1.24 bits per heavy atom. The van der Waals surface area contributed by atoms with Crippen LogP contribution in [0.3, 0.4) is 0 Å². The van der Waals surface area contributed by atoms with Gasteiger partial charge in [0.2, 0.25) is 0 Å². The number of aromatic carboxylic acids is 1. The van der Waals surface area contributed by atoms with E-state index in [9.17, 15) is 9.59 Å². The number of carboxylic acids is 1. The van der Waals surface area contributed by atoms with Gasteiger partial charge in [-0.15, -0.1) is 0 Å². The maximum absolute atomic E-state index is 12.2. The highest BCUT2D eigenvalue weighted by Gasteiger charge is 2.17. The molecule has 29 heavy (non-hydrogen) atoms. The Bertz CT molecular complexity index is 939. The number of benzene rings is 2. The van der Waals surface area contributed by atoms with Gasteiger partial charge in [0.25, 0.3) is 5.91 Å². The molecule has 1 aliphatic heterocycles. The van der Waals surface area contributed by atoms with Gasteiger partial charge in [-0.3, -0.25) is 9.79 Å². The van der Waals surface area contributed by atoms with Crippen LogP contribution >= 0.6 is 15.9 Å². The number of amides is 1. The summed E-state index contributed by atoms with van der Waals surface area (Å²) in [5, 5.41) is 9.03. The summed E-state index contributed by atoms with van der Waals surface area (Å²) < 4.78 is 11.6. The van der Waals surface area contributed by atoms with Crippen molar-refractivity contribution in [2.45, 2.75) is 6.92 Å². The van der Waals surface area contributed by atoms with Gasteiger partial charge in [0, 0.05) is 19.3 Å². The van der Waals surface area contributed by atoms with Gasteiger partial charge in [-0.2, -0.15) is 0 Å². The van der Waals surface area contributed by atoms with Crippen LogP contribution in [-0.4, -0.2) is 61.0 Å². The third kappa shape index (κ3) is 5.65. The van der Waals surface area contributed by atoms with Crippen LogP contribution in [0.4, 0.5) is 5.69 Å². The molecule has 0 spiro atoms. The van der Waals surface area contributed by atoms with Gasteiger partial charge in [-0.25, -0.2) is 4.79 Å². The number of rotatable bonds is 6. The highest BCUT2D eigenvalue weighted by Crippen LogP contribution is 2.26. The first kappa shape index (κ1) is 21.0. The lowest BCUT2D eigenvalue weighted by molar-refractivity contribution is -0.137. The molecule has 152 valence electrons. The Labute approximate surface area is 177 Å². The summed E-state index contributed by atoms with van der Waals surface area (Å²) in [5.74, 6) is -0.452. The zero-order valence-corrected chi connectivity index (χ0v) is 17.5. The minimum Gasteiger partial charge on any atom is -0.483 e. The molecule has 1 saturated heterocycles. The fourth-order valence-corrected chi connectivity index (χ4v) is 3.35. The predicted molar refractivity (Wildman–Crippen MR) is 112 cm³/mol. The van der Waals surface area contributed by atoms with Crippen LogP contribution in [0.15, 0.2) is 45.9 Å². The topological polar surface area (TPSA) is 88.4 Å². The molecule has 7 nitrogen and oxygen atoms in total. The lowest BCUT2D eigenvalue weighted by Gasteiger charge is -2.26. The molecule has 0 aliphatic carbocycles. The van der Waals surface area contributed by atoms with E-state index < -0.39 is 5.97 Å². The zero-order valence-electron chi connectivity index (χ0n) is 15.9. The Kier molecular flexibility index (Phi) is 7.00. The summed E-state index contributed by atoms with van der Waals surface area (Å²) in [4.78, 5) is 29.4. The van der Waals surface area contributed by atoms with Gasteiger partial charge in [-0.1, -0.05) is 0 Å². The molecule has 0 saturated carbocycles. The molecule has 3 rings (SSSR count). The third-order valence-electron chi connectivity index (χ3n) is 4.47.